The summed E-state index contributed by atoms with van der Waals surface area (Å²) in [6.07, 6.45) is 3.92. The number of hydrogen-bond donors (Lipinski definition) is 2. The molecule has 0 amide bonds. The van der Waals surface area contributed by atoms with Crippen LogP contribution in [0, 0.1) is 0 Å². The number of nitrogens with one attached hydrogen (secondary N) is 2. The fourth-order valence-corrected chi connectivity index (χ4v) is 3.13. The van der Waals surface area contributed by atoms with Gasteiger partial charge in [0.15, 0.2) is 5.11 Å². The van der Waals surface area contributed by atoms with Crippen molar-refractivity contribution < 1.29 is 4.42 Å². The van der Waals surface area contributed by atoms with Gasteiger partial charge in [-0.2, -0.15) is 0 Å². The van der Waals surface area contributed by atoms with Crippen LogP contribution >= 0.6 is 12.2 Å². The van der Waals surface area contributed by atoms with Crippen molar-refractivity contribution in [3.63, 3.8) is 0 Å². The number of nitrogens with zero attached hydrogens (tertiary/aromatic N) is 1. The van der Waals surface area contributed by atoms with Gasteiger partial charge in [0.1, 0.15) is 5.76 Å². The molecule has 0 unspecified atom stereocenters. The second-order valence-corrected chi connectivity index (χ2v) is 6.35. The van der Waals surface area contributed by atoms with Crippen LogP contribution in [0.2, 0.25) is 0 Å². The minimum Gasteiger partial charge on any atom is -0.467 e. The molecule has 1 aromatic carbocycles. The molecule has 2 N–H and O–H groups in total. The molecule has 4 nitrogen and oxygen atoms in total. The minimum atomic E-state index is 0.457. The van der Waals surface area contributed by atoms with Crippen molar-refractivity contribution in [1.82, 2.24) is 15.5 Å². The van der Waals surface area contributed by atoms with E-state index in [0.717, 1.165) is 38.2 Å². The fraction of sp³-hybridized carbons (Fsp3) is 0.389. The molecule has 1 fully saturated rings. The van der Waals surface area contributed by atoms with E-state index in [4.69, 9.17) is 16.6 Å². The van der Waals surface area contributed by atoms with Gasteiger partial charge in [-0.25, -0.2) is 0 Å². The maximum absolute atomic E-state index is 5.36. The number of thiocarbonyl (C=S) groups is 1. The Balaban J connectivity index is 1.36. The lowest BCUT2D eigenvalue weighted by Gasteiger charge is -2.33. The molecule has 0 aliphatic carbocycles. The van der Waals surface area contributed by atoms with E-state index in [1.54, 1.807) is 6.26 Å². The molecule has 5 heteroatoms. The minimum absolute atomic E-state index is 0.457. The van der Waals surface area contributed by atoms with Crippen LogP contribution in [-0.2, 0) is 13.1 Å². The van der Waals surface area contributed by atoms with Crippen LogP contribution in [0.4, 0.5) is 0 Å². The van der Waals surface area contributed by atoms with Crippen molar-refractivity contribution in [1.29, 1.82) is 0 Å². The molecular weight excluding hydrogens is 306 g/mol. The summed E-state index contributed by atoms with van der Waals surface area (Å²) in [5.41, 5.74) is 1.38. The summed E-state index contributed by atoms with van der Waals surface area (Å²) in [5.74, 6) is 0.895. The summed E-state index contributed by atoms with van der Waals surface area (Å²) >= 11 is 5.36. The smallest absolute Gasteiger partial charge is 0.166 e. The van der Waals surface area contributed by atoms with Crippen LogP contribution in [0.1, 0.15) is 24.2 Å². The van der Waals surface area contributed by atoms with Gasteiger partial charge in [-0.1, -0.05) is 30.3 Å². The lowest BCUT2D eigenvalue weighted by Crippen LogP contribution is -2.47. The van der Waals surface area contributed by atoms with Crippen molar-refractivity contribution >= 4 is 17.3 Å². The lowest BCUT2D eigenvalue weighted by molar-refractivity contribution is 0.199. The molecule has 0 bridgehead atoms. The van der Waals surface area contributed by atoms with E-state index in [-0.39, 0.29) is 0 Å². The maximum Gasteiger partial charge on any atom is 0.166 e. The van der Waals surface area contributed by atoms with E-state index in [9.17, 15) is 0 Å². The predicted octanol–water partition coefficient (Wildman–Crippen LogP) is 2.91. The quantitative estimate of drug-likeness (QED) is 0.826. The third kappa shape index (κ3) is 5.08. The van der Waals surface area contributed by atoms with E-state index >= 15 is 0 Å². The zero-order valence-electron chi connectivity index (χ0n) is 13.2. The molecule has 122 valence electrons. The van der Waals surface area contributed by atoms with Crippen molar-refractivity contribution in [2.45, 2.75) is 32.0 Å². The zero-order valence-corrected chi connectivity index (χ0v) is 14.0. The number of benzene rings is 1. The second kappa shape index (κ2) is 8.13. The number of piperidine rings is 1. The third-order valence-corrected chi connectivity index (χ3v) is 4.44. The highest BCUT2D eigenvalue weighted by atomic mass is 32.1. The number of hydrogen-bond acceptors (Lipinski definition) is 3. The van der Waals surface area contributed by atoms with E-state index in [2.05, 4.69) is 45.9 Å². The first-order chi connectivity index (χ1) is 11.3. The van der Waals surface area contributed by atoms with Crippen molar-refractivity contribution in [3.05, 3.63) is 60.1 Å². The highest BCUT2D eigenvalue weighted by Crippen LogP contribution is 2.13. The zero-order chi connectivity index (χ0) is 15.9. The molecule has 2 aromatic rings. The fourth-order valence-electron chi connectivity index (χ4n) is 2.89. The van der Waals surface area contributed by atoms with E-state index in [1.807, 2.05) is 12.1 Å². The topological polar surface area (TPSA) is 40.4 Å². The summed E-state index contributed by atoms with van der Waals surface area (Å²) in [5, 5.41) is 7.33. The van der Waals surface area contributed by atoms with Crippen LogP contribution in [0.15, 0.2) is 53.1 Å². The Kier molecular flexibility index (Phi) is 5.66. The largest absolute Gasteiger partial charge is 0.467 e. The molecule has 1 saturated heterocycles. The van der Waals surface area contributed by atoms with Gasteiger partial charge in [0, 0.05) is 25.7 Å². The summed E-state index contributed by atoms with van der Waals surface area (Å²) in [6, 6.07) is 14.9. The molecule has 0 saturated carbocycles. The molecule has 1 aromatic heterocycles. The van der Waals surface area contributed by atoms with E-state index in [0.29, 0.717) is 17.7 Å². The average molecular weight is 329 g/mol. The Morgan fingerprint density at radius 3 is 2.61 bits per heavy atom. The summed E-state index contributed by atoms with van der Waals surface area (Å²) in [4.78, 5) is 2.51. The number of furan rings is 1. The Bertz CT molecular complexity index is 592. The standard InChI is InChI=1S/C18H23N3OS/c23-18(19-13-17-7-4-12-22-17)20-16-8-10-21(11-9-16)14-15-5-2-1-3-6-15/h1-7,12,16H,8-11,13-14H2,(H2,19,20,23). The molecular formula is C18H23N3OS. The summed E-state index contributed by atoms with van der Waals surface area (Å²) < 4.78 is 5.29. The van der Waals surface area contributed by atoms with E-state index < -0.39 is 0 Å². The molecule has 3 rings (SSSR count). The summed E-state index contributed by atoms with van der Waals surface area (Å²) in [6.45, 7) is 3.88. The first-order valence-corrected chi connectivity index (χ1v) is 8.53. The van der Waals surface area contributed by atoms with Crippen LogP contribution in [0.5, 0.6) is 0 Å². The van der Waals surface area contributed by atoms with Gasteiger partial charge in [0.25, 0.3) is 0 Å². The van der Waals surface area contributed by atoms with Gasteiger partial charge in [0.2, 0.25) is 0 Å². The van der Waals surface area contributed by atoms with Gasteiger partial charge < -0.3 is 15.1 Å². The predicted molar refractivity (Wildman–Crippen MR) is 96.0 cm³/mol. The monoisotopic (exact) mass is 329 g/mol. The number of likely N-dealkylation sites (tertiary alicyclic amines) is 1. The summed E-state index contributed by atoms with van der Waals surface area (Å²) in [7, 11) is 0. The molecule has 1 aliphatic rings. The highest BCUT2D eigenvalue weighted by molar-refractivity contribution is 7.80. The van der Waals surface area contributed by atoms with E-state index in [1.165, 1.54) is 5.56 Å². The van der Waals surface area contributed by atoms with Gasteiger partial charge >= 0.3 is 0 Å². The van der Waals surface area contributed by atoms with Gasteiger partial charge in [0.05, 0.1) is 12.8 Å². The SMILES string of the molecule is S=C(NCc1ccco1)NC1CCN(Cc2ccccc2)CC1. The normalized spacial score (nSPS) is 16.2. The Morgan fingerprint density at radius 1 is 1.13 bits per heavy atom. The first kappa shape index (κ1) is 16.0. The van der Waals surface area contributed by atoms with Gasteiger partial charge in [-0.3, -0.25) is 4.90 Å². The second-order valence-electron chi connectivity index (χ2n) is 5.94. The third-order valence-electron chi connectivity index (χ3n) is 4.18. The molecule has 0 spiro atoms. The maximum atomic E-state index is 5.36. The van der Waals surface area contributed by atoms with Crippen molar-refractivity contribution in [3.8, 4) is 0 Å². The molecule has 2 heterocycles. The van der Waals surface area contributed by atoms with Gasteiger partial charge in [-0.15, -0.1) is 0 Å². The Morgan fingerprint density at radius 2 is 1.91 bits per heavy atom. The molecule has 0 radical (unpaired) electrons. The first-order valence-electron chi connectivity index (χ1n) is 8.12. The Labute approximate surface area is 142 Å². The average Bonchev–Trinajstić information content (AvgIpc) is 3.09. The van der Waals surface area contributed by atoms with Crippen LogP contribution < -0.4 is 10.6 Å². The molecule has 1 aliphatic heterocycles. The van der Waals surface area contributed by atoms with Crippen molar-refractivity contribution in [2.24, 2.45) is 0 Å². The van der Waals surface area contributed by atoms with Gasteiger partial charge in [-0.05, 0) is 42.8 Å². The highest BCUT2D eigenvalue weighted by Gasteiger charge is 2.19. The van der Waals surface area contributed by atoms with Crippen LogP contribution in [0.25, 0.3) is 0 Å². The number of rotatable bonds is 5. The van der Waals surface area contributed by atoms with Crippen LogP contribution in [0.3, 0.4) is 0 Å². The molecule has 0 atom stereocenters. The van der Waals surface area contributed by atoms with Crippen LogP contribution in [-0.4, -0.2) is 29.1 Å². The van der Waals surface area contributed by atoms with Crippen molar-refractivity contribution in [2.75, 3.05) is 13.1 Å². The lowest BCUT2D eigenvalue weighted by atomic mass is 10.0. The Hall–Kier alpha value is -1.85. The molecule has 23 heavy (non-hydrogen) atoms.